The Kier molecular flexibility index (Phi) is 5.60. The molecule has 7 heteroatoms. The van der Waals surface area contributed by atoms with E-state index in [4.69, 9.17) is 10.4 Å². The van der Waals surface area contributed by atoms with E-state index in [-0.39, 0.29) is 12.5 Å². The maximum atomic E-state index is 12.3. The van der Waals surface area contributed by atoms with Gasteiger partial charge < -0.3 is 10.4 Å². The molecule has 1 saturated carbocycles. The van der Waals surface area contributed by atoms with E-state index in [0.717, 1.165) is 12.8 Å². The van der Waals surface area contributed by atoms with Crippen LogP contribution in [0.5, 0.6) is 0 Å². The lowest BCUT2D eigenvalue weighted by atomic mass is 9.79. The van der Waals surface area contributed by atoms with Crippen molar-refractivity contribution in [1.29, 1.82) is 5.26 Å². The van der Waals surface area contributed by atoms with Gasteiger partial charge in [0.05, 0.1) is 12.0 Å². The highest BCUT2D eigenvalue weighted by Gasteiger charge is 2.40. The van der Waals surface area contributed by atoms with Crippen LogP contribution in [-0.2, 0) is 4.79 Å². The van der Waals surface area contributed by atoms with Crippen LogP contribution < -0.4 is 5.32 Å². The fraction of sp³-hybridized carbons (Fsp3) is 0.833. The predicted octanol–water partition coefficient (Wildman–Crippen LogP) is 2.17. The third-order valence-electron chi connectivity index (χ3n) is 3.53. The molecule has 1 fully saturated rings. The maximum Gasteiger partial charge on any atom is 0.405 e. The monoisotopic (exact) mass is 278 g/mol. The summed E-state index contributed by atoms with van der Waals surface area (Å²) in [6, 6.07) is 1.21. The highest BCUT2D eigenvalue weighted by atomic mass is 19.4. The summed E-state index contributed by atoms with van der Waals surface area (Å²) in [6.07, 6.45) is -1.52. The highest BCUT2D eigenvalue weighted by Crippen LogP contribution is 2.30. The van der Waals surface area contributed by atoms with E-state index < -0.39 is 30.5 Å². The van der Waals surface area contributed by atoms with E-state index in [9.17, 15) is 18.0 Å². The quantitative estimate of drug-likeness (QED) is 0.808. The number of carboxylic acids is 1. The Balaban J connectivity index is 2.43. The molecule has 0 aromatic rings. The molecular weight excluding hydrogens is 261 g/mol. The number of nitrogens with one attached hydrogen (secondary N) is 1. The molecule has 4 nitrogen and oxygen atoms in total. The molecule has 0 radical (unpaired) electrons. The van der Waals surface area contributed by atoms with E-state index >= 15 is 0 Å². The molecule has 3 atom stereocenters. The average Bonchev–Trinajstić information content (AvgIpc) is 2.33. The first-order chi connectivity index (χ1) is 8.86. The summed E-state index contributed by atoms with van der Waals surface area (Å²) in [7, 11) is 0. The molecule has 1 rings (SSSR count). The summed E-state index contributed by atoms with van der Waals surface area (Å²) in [5, 5.41) is 20.1. The number of hydrogen-bond acceptors (Lipinski definition) is 3. The van der Waals surface area contributed by atoms with Gasteiger partial charge in [0.25, 0.3) is 0 Å². The topological polar surface area (TPSA) is 73.1 Å². The zero-order valence-electron chi connectivity index (χ0n) is 10.4. The van der Waals surface area contributed by atoms with Crippen molar-refractivity contribution in [3.05, 3.63) is 0 Å². The van der Waals surface area contributed by atoms with Crippen LogP contribution in [0.3, 0.4) is 0 Å². The normalized spacial score (nSPS) is 25.6. The van der Waals surface area contributed by atoms with E-state index in [1.54, 1.807) is 0 Å². The van der Waals surface area contributed by atoms with Gasteiger partial charge in [0.2, 0.25) is 0 Å². The summed E-state index contributed by atoms with van der Waals surface area (Å²) >= 11 is 0. The molecule has 2 N–H and O–H groups in total. The Hall–Kier alpha value is -1.29. The number of aliphatic carboxylic acids is 1. The molecule has 0 aromatic heterocycles. The van der Waals surface area contributed by atoms with Crippen LogP contribution in [0.25, 0.3) is 0 Å². The minimum atomic E-state index is -4.54. The van der Waals surface area contributed by atoms with Gasteiger partial charge in [-0.15, -0.1) is 0 Å². The van der Waals surface area contributed by atoms with Gasteiger partial charge >= 0.3 is 12.1 Å². The number of alkyl halides is 3. The van der Waals surface area contributed by atoms with Gasteiger partial charge in [-0.3, -0.25) is 4.79 Å². The zero-order valence-corrected chi connectivity index (χ0v) is 10.4. The van der Waals surface area contributed by atoms with Crippen molar-refractivity contribution in [3.8, 4) is 6.07 Å². The molecule has 0 spiro atoms. The van der Waals surface area contributed by atoms with Crippen molar-refractivity contribution in [2.45, 2.75) is 31.9 Å². The van der Waals surface area contributed by atoms with E-state index in [1.165, 1.54) is 6.07 Å². The number of carboxylic acid groups (broad SMARTS) is 1. The standard InChI is InChI=1S/C12H17F3N2O2/c13-12(14,15)9(5-16)7-17-6-8-3-1-2-4-10(8)11(18)19/h8-10,17H,1-4,6-7H2,(H,18,19). The highest BCUT2D eigenvalue weighted by molar-refractivity contribution is 5.70. The Labute approximate surface area is 109 Å². The molecule has 0 aliphatic heterocycles. The van der Waals surface area contributed by atoms with Crippen LogP contribution in [-0.4, -0.2) is 30.3 Å². The summed E-state index contributed by atoms with van der Waals surface area (Å²) < 4.78 is 37.0. The maximum absolute atomic E-state index is 12.3. The molecule has 0 bridgehead atoms. The van der Waals surface area contributed by atoms with Crippen LogP contribution in [0.1, 0.15) is 25.7 Å². The minimum absolute atomic E-state index is 0.154. The molecule has 0 saturated heterocycles. The van der Waals surface area contributed by atoms with Crippen LogP contribution in [0, 0.1) is 29.1 Å². The number of hydrogen-bond donors (Lipinski definition) is 2. The van der Waals surface area contributed by atoms with Gasteiger partial charge in [-0.2, -0.15) is 18.4 Å². The van der Waals surface area contributed by atoms with Gasteiger partial charge in [0.15, 0.2) is 5.92 Å². The lowest BCUT2D eigenvalue weighted by Gasteiger charge is -2.29. The van der Waals surface area contributed by atoms with Gasteiger partial charge in [-0.25, -0.2) is 0 Å². The third-order valence-corrected chi connectivity index (χ3v) is 3.53. The largest absolute Gasteiger partial charge is 0.481 e. The fourth-order valence-corrected chi connectivity index (χ4v) is 2.42. The smallest absolute Gasteiger partial charge is 0.405 e. The summed E-state index contributed by atoms with van der Waals surface area (Å²) in [5.74, 6) is -3.58. The Bertz CT molecular complexity index is 352. The first kappa shape index (κ1) is 15.8. The second-order valence-electron chi connectivity index (χ2n) is 4.87. The van der Waals surface area contributed by atoms with Gasteiger partial charge in [0, 0.05) is 6.54 Å². The third kappa shape index (κ3) is 4.71. The van der Waals surface area contributed by atoms with E-state index in [0.29, 0.717) is 12.8 Å². The number of rotatable bonds is 5. The number of nitrogens with zero attached hydrogens (tertiary/aromatic N) is 1. The van der Waals surface area contributed by atoms with E-state index in [2.05, 4.69) is 5.32 Å². The second kappa shape index (κ2) is 6.75. The number of halogens is 3. The van der Waals surface area contributed by atoms with Crippen molar-refractivity contribution in [2.75, 3.05) is 13.1 Å². The molecular formula is C12H17F3N2O2. The average molecular weight is 278 g/mol. The Morgan fingerprint density at radius 3 is 2.58 bits per heavy atom. The van der Waals surface area contributed by atoms with Crippen molar-refractivity contribution >= 4 is 5.97 Å². The van der Waals surface area contributed by atoms with Gasteiger partial charge in [-0.05, 0) is 25.3 Å². The van der Waals surface area contributed by atoms with Crippen molar-refractivity contribution in [2.24, 2.45) is 17.8 Å². The minimum Gasteiger partial charge on any atom is -0.481 e. The molecule has 0 heterocycles. The lowest BCUT2D eigenvalue weighted by Crippen LogP contribution is -2.39. The number of nitriles is 1. The number of carbonyl (C=O) groups is 1. The molecule has 0 amide bonds. The summed E-state index contributed by atoms with van der Waals surface area (Å²) in [4.78, 5) is 11.0. The Morgan fingerprint density at radius 1 is 1.42 bits per heavy atom. The van der Waals surface area contributed by atoms with Gasteiger partial charge in [-0.1, -0.05) is 12.8 Å². The van der Waals surface area contributed by atoms with Crippen LogP contribution in [0.2, 0.25) is 0 Å². The van der Waals surface area contributed by atoms with E-state index in [1.807, 2.05) is 0 Å². The first-order valence-corrected chi connectivity index (χ1v) is 6.26. The first-order valence-electron chi connectivity index (χ1n) is 6.26. The molecule has 1 aliphatic rings. The molecule has 0 aromatic carbocycles. The summed E-state index contributed by atoms with van der Waals surface area (Å²) in [5.41, 5.74) is 0. The molecule has 108 valence electrons. The van der Waals surface area contributed by atoms with Crippen LogP contribution in [0.15, 0.2) is 0 Å². The second-order valence-corrected chi connectivity index (χ2v) is 4.87. The van der Waals surface area contributed by atoms with Crippen molar-refractivity contribution in [1.82, 2.24) is 5.32 Å². The Morgan fingerprint density at radius 2 is 2.05 bits per heavy atom. The summed E-state index contributed by atoms with van der Waals surface area (Å²) in [6.45, 7) is -0.270. The molecule has 1 aliphatic carbocycles. The van der Waals surface area contributed by atoms with Crippen molar-refractivity contribution in [3.63, 3.8) is 0 Å². The van der Waals surface area contributed by atoms with Crippen molar-refractivity contribution < 1.29 is 23.1 Å². The lowest BCUT2D eigenvalue weighted by molar-refractivity contribution is -0.158. The van der Waals surface area contributed by atoms with Crippen LogP contribution in [0.4, 0.5) is 13.2 Å². The predicted molar refractivity (Wildman–Crippen MR) is 61.1 cm³/mol. The molecule has 3 unspecified atom stereocenters. The van der Waals surface area contributed by atoms with Gasteiger partial charge in [0.1, 0.15) is 0 Å². The zero-order chi connectivity index (χ0) is 14.5. The fourth-order valence-electron chi connectivity index (χ4n) is 2.42. The van der Waals surface area contributed by atoms with Crippen LogP contribution >= 0.6 is 0 Å². The SMILES string of the molecule is N#CC(CNCC1CCCCC1C(=O)O)C(F)(F)F. The molecule has 19 heavy (non-hydrogen) atoms.